The Morgan fingerprint density at radius 3 is 2.45 bits per heavy atom. The summed E-state index contributed by atoms with van der Waals surface area (Å²) in [6.07, 6.45) is 4.69. The van der Waals surface area contributed by atoms with Crippen molar-refractivity contribution < 1.29 is 14.3 Å². The topological polar surface area (TPSA) is 71.6 Å². The molecule has 0 aliphatic heterocycles. The summed E-state index contributed by atoms with van der Waals surface area (Å²) in [6, 6.07) is 7.43. The van der Waals surface area contributed by atoms with Gasteiger partial charge in [-0.05, 0) is 49.3 Å². The van der Waals surface area contributed by atoms with Crippen molar-refractivity contribution in [2.24, 2.45) is 0 Å². The van der Waals surface area contributed by atoms with E-state index in [-0.39, 0.29) is 12.5 Å². The van der Waals surface area contributed by atoms with E-state index in [2.05, 4.69) is 16.2 Å². The molecule has 22 heavy (non-hydrogen) atoms. The number of hydrogen-bond donors (Lipinski definition) is 3. The Labute approximate surface area is 135 Å². The molecule has 1 fully saturated rings. The van der Waals surface area contributed by atoms with Crippen LogP contribution in [-0.2, 0) is 4.79 Å². The molecule has 0 aromatic heterocycles. The molecule has 0 saturated heterocycles. The van der Waals surface area contributed by atoms with Crippen molar-refractivity contribution in [2.45, 2.75) is 31.7 Å². The third-order valence-corrected chi connectivity index (χ3v) is 3.66. The Morgan fingerprint density at radius 2 is 1.82 bits per heavy atom. The minimum absolute atomic E-state index is 0.0919. The Balaban J connectivity index is 1.63. The fourth-order valence-electron chi connectivity index (χ4n) is 2.28. The molecule has 0 radical (unpaired) electrons. The van der Waals surface area contributed by atoms with Crippen molar-refractivity contribution >= 4 is 23.2 Å². The number of amides is 1. The summed E-state index contributed by atoms with van der Waals surface area (Å²) in [7, 11) is 1.59. The molecule has 3 N–H and O–H groups in total. The van der Waals surface area contributed by atoms with E-state index >= 15 is 0 Å². The van der Waals surface area contributed by atoms with Crippen LogP contribution < -0.4 is 25.6 Å². The molecule has 2 rings (SSSR count). The highest BCUT2D eigenvalue weighted by atomic mass is 32.1. The molecule has 0 atom stereocenters. The standard InChI is InChI=1S/C15H21N3O3S/c1-20-12-6-8-13(9-7-12)21-10-14(19)17-18-15(22)16-11-4-2-3-5-11/h6-9,11H,2-5,10H2,1H3,(H,17,19)(H2,16,18,22). The number of ether oxygens (including phenoxy) is 2. The van der Waals surface area contributed by atoms with Crippen LogP contribution in [0.5, 0.6) is 11.5 Å². The van der Waals surface area contributed by atoms with Crippen LogP contribution in [0.4, 0.5) is 0 Å². The summed E-state index contributed by atoms with van der Waals surface area (Å²) >= 11 is 5.12. The van der Waals surface area contributed by atoms with Crippen LogP contribution in [0.25, 0.3) is 0 Å². The maximum Gasteiger partial charge on any atom is 0.276 e. The van der Waals surface area contributed by atoms with Crippen molar-refractivity contribution in [1.82, 2.24) is 16.2 Å². The number of hydrogen-bond acceptors (Lipinski definition) is 4. The highest BCUT2D eigenvalue weighted by Crippen LogP contribution is 2.17. The molecular weight excluding hydrogens is 302 g/mol. The maximum absolute atomic E-state index is 11.7. The third kappa shape index (κ3) is 5.40. The fourth-order valence-corrected chi connectivity index (χ4v) is 2.49. The minimum Gasteiger partial charge on any atom is -0.497 e. The van der Waals surface area contributed by atoms with Crippen molar-refractivity contribution in [3.63, 3.8) is 0 Å². The number of thiocarbonyl (C=S) groups is 1. The number of rotatable bonds is 5. The summed E-state index contributed by atoms with van der Waals surface area (Å²) < 4.78 is 10.4. The number of methoxy groups -OCH3 is 1. The number of carbonyl (C=O) groups excluding carboxylic acids is 1. The average Bonchev–Trinajstić information content (AvgIpc) is 3.04. The van der Waals surface area contributed by atoms with Gasteiger partial charge in [-0.3, -0.25) is 15.6 Å². The SMILES string of the molecule is COc1ccc(OCC(=O)NNC(=S)NC2CCCC2)cc1. The predicted molar refractivity (Wildman–Crippen MR) is 87.8 cm³/mol. The Morgan fingerprint density at radius 1 is 1.18 bits per heavy atom. The Hall–Kier alpha value is -2.02. The molecule has 0 heterocycles. The summed E-state index contributed by atoms with van der Waals surface area (Å²) in [5, 5.41) is 3.61. The second-order valence-corrected chi connectivity index (χ2v) is 5.50. The number of nitrogens with one attached hydrogen (secondary N) is 3. The van der Waals surface area contributed by atoms with E-state index in [1.165, 1.54) is 12.8 Å². The van der Waals surface area contributed by atoms with Gasteiger partial charge in [0.2, 0.25) is 0 Å². The molecule has 1 aliphatic rings. The Kier molecular flexibility index (Phi) is 6.27. The lowest BCUT2D eigenvalue weighted by molar-refractivity contribution is -0.123. The zero-order valence-corrected chi connectivity index (χ0v) is 13.4. The van der Waals surface area contributed by atoms with Crippen LogP contribution in [0.1, 0.15) is 25.7 Å². The number of carbonyl (C=O) groups is 1. The molecule has 1 aliphatic carbocycles. The monoisotopic (exact) mass is 323 g/mol. The van der Waals surface area contributed by atoms with Gasteiger partial charge in [-0.25, -0.2) is 0 Å². The van der Waals surface area contributed by atoms with Crippen LogP contribution in [0.15, 0.2) is 24.3 Å². The van der Waals surface area contributed by atoms with Gasteiger partial charge in [-0.2, -0.15) is 0 Å². The van der Waals surface area contributed by atoms with Gasteiger partial charge in [-0.15, -0.1) is 0 Å². The highest BCUT2D eigenvalue weighted by molar-refractivity contribution is 7.80. The van der Waals surface area contributed by atoms with Crippen LogP contribution in [0.3, 0.4) is 0 Å². The fraction of sp³-hybridized carbons (Fsp3) is 0.467. The normalized spacial score (nSPS) is 14.2. The van der Waals surface area contributed by atoms with Crippen molar-refractivity contribution in [3.8, 4) is 11.5 Å². The molecular formula is C15H21N3O3S. The molecule has 1 saturated carbocycles. The molecule has 0 unspecified atom stereocenters. The quantitative estimate of drug-likeness (QED) is 0.564. The first-order valence-electron chi connectivity index (χ1n) is 7.29. The van der Waals surface area contributed by atoms with Gasteiger partial charge in [-0.1, -0.05) is 12.8 Å². The van der Waals surface area contributed by atoms with Crippen LogP contribution in [0.2, 0.25) is 0 Å². The van der Waals surface area contributed by atoms with Gasteiger partial charge in [0.25, 0.3) is 5.91 Å². The lowest BCUT2D eigenvalue weighted by Crippen LogP contribution is -2.50. The van der Waals surface area contributed by atoms with Gasteiger partial charge in [0, 0.05) is 6.04 Å². The van der Waals surface area contributed by atoms with Crippen molar-refractivity contribution in [2.75, 3.05) is 13.7 Å². The van der Waals surface area contributed by atoms with Gasteiger partial charge in [0.1, 0.15) is 11.5 Å². The van der Waals surface area contributed by atoms with Crippen molar-refractivity contribution in [1.29, 1.82) is 0 Å². The van der Waals surface area contributed by atoms with E-state index in [9.17, 15) is 4.79 Å². The third-order valence-electron chi connectivity index (χ3n) is 3.44. The molecule has 1 aromatic carbocycles. The van der Waals surface area contributed by atoms with E-state index < -0.39 is 0 Å². The second kappa shape index (κ2) is 8.43. The highest BCUT2D eigenvalue weighted by Gasteiger charge is 2.15. The van der Waals surface area contributed by atoms with E-state index in [0.29, 0.717) is 16.9 Å². The lowest BCUT2D eigenvalue weighted by atomic mass is 10.3. The summed E-state index contributed by atoms with van der Waals surface area (Å²) in [5.74, 6) is 1.04. The first-order chi connectivity index (χ1) is 10.7. The summed E-state index contributed by atoms with van der Waals surface area (Å²) in [6.45, 7) is -0.0919. The van der Waals surface area contributed by atoms with Gasteiger partial charge < -0.3 is 14.8 Å². The second-order valence-electron chi connectivity index (χ2n) is 5.09. The molecule has 0 spiro atoms. The zero-order valence-electron chi connectivity index (χ0n) is 12.6. The predicted octanol–water partition coefficient (Wildman–Crippen LogP) is 1.51. The summed E-state index contributed by atoms with van der Waals surface area (Å²) in [4.78, 5) is 11.7. The van der Waals surface area contributed by atoms with E-state index in [4.69, 9.17) is 21.7 Å². The van der Waals surface area contributed by atoms with Crippen molar-refractivity contribution in [3.05, 3.63) is 24.3 Å². The first-order valence-corrected chi connectivity index (χ1v) is 7.70. The smallest absolute Gasteiger partial charge is 0.276 e. The molecule has 7 heteroatoms. The van der Waals surface area contributed by atoms with Crippen LogP contribution in [-0.4, -0.2) is 30.8 Å². The molecule has 6 nitrogen and oxygen atoms in total. The van der Waals surface area contributed by atoms with E-state index in [1.807, 2.05) is 0 Å². The largest absolute Gasteiger partial charge is 0.497 e. The average molecular weight is 323 g/mol. The molecule has 0 bridgehead atoms. The van der Waals surface area contributed by atoms with Crippen LogP contribution >= 0.6 is 12.2 Å². The molecule has 1 aromatic rings. The van der Waals surface area contributed by atoms with Gasteiger partial charge >= 0.3 is 0 Å². The summed E-state index contributed by atoms with van der Waals surface area (Å²) in [5.41, 5.74) is 5.19. The lowest BCUT2D eigenvalue weighted by Gasteiger charge is -2.16. The minimum atomic E-state index is -0.300. The first kappa shape index (κ1) is 16.4. The van der Waals surface area contributed by atoms with E-state index in [0.717, 1.165) is 18.6 Å². The maximum atomic E-state index is 11.7. The zero-order chi connectivity index (χ0) is 15.8. The molecule has 120 valence electrons. The van der Waals surface area contributed by atoms with E-state index in [1.54, 1.807) is 31.4 Å². The van der Waals surface area contributed by atoms with Gasteiger partial charge in [0.15, 0.2) is 11.7 Å². The van der Waals surface area contributed by atoms with Gasteiger partial charge in [0.05, 0.1) is 7.11 Å². The van der Waals surface area contributed by atoms with Crippen LogP contribution in [0, 0.1) is 0 Å². The Bertz CT molecular complexity index is 501. The number of hydrazine groups is 1. The molecule has 1 amide bonds. The number of benzene rings is 1.